The van der Waals surface area contributed by atoms with Gasteiger partial charge in [-0.05, 0) is 35.1 Å². The van der Waals surface area contributed by atoms with E-state index >= 15 is 0 Å². The van der Waals surface area contributed by atoms with Crippen molar-refractivity contribution in [2.45, 2.75) is 48.3 Å². The molecule has 30 heavy (non-hydrogen) atoms. The molecule has 2 saturated heterocycles. The van der Waals surface area contributed by atoms with Gasteiger partial charge in [-0.2, -0.15) is 0 Å². The number of rotatable bonds is 6. The van der Waals surface area contributed by atoms with Crippen LogP contribution in [0.1, 0.15) is 25.3 Å². The molecule has 0 bridgehead atoms. The van der Waals surface area contributed by atoms with Crippen LogP contribution in [0.5, 0.6) is 0 Å². The number of hydrogen-bond donors (Lipinski definition) is 2. The van der Waals surface area contributed by atoms with E-state index in [2.05, 4.69) is 23.9 Å². The normalized spacial score (nSPS) is 26.0. The molecule has 8 nitrogen and oxygen atoms in total. The molecule has 2 aliphatic heterocycles. The lowest BCUT2D eigenvalue weighted by atomic mass is 10.0. The Balaban J connectivity index is 1.33. The van der Waals surface area contributed by atoms with Crippen LogP contribution >= 0.6 is 11.3 Å². The highest BCUT2D eigenvalue weighted by Gasteiger charge is 2.50. The first-order chi connectivity index (χ1) is 14.3. The Kier molecular flexibility index (Phi) is 6.12. The molecule has 0 spiro atoms. The summed E-state index contributed by atoms with van der Waals surface area (Å²) in [6.45, 7) is 4.50. The zero-order valence-corrected chi connectivity index (χ0v) is 18.2. The summed E-state index contributed by atoms with van der Waals surface area (Å²) in [7, 11) is -3.64. The second kappa shape index (κ2) is 8.64. The predicted octanol–water partition coefficient (Wildman–Crippen LogP) is 2.93. The molecule has 162 valence electrons. The van der Waals surface area contributed by atoms with E-state index in [0.29, 0.717) is 11.6 Å². The lowest BCUT2D eigenvalue weighted by molar-refractivity contribution is 0.00884. The summed E-state index contributed by atoms with van der Waals surface area (Å²) in [5.74, 6) is 0.406. The van der Waals surface area contributed by atoms with Crippen molar-refractivity contribution in [1.29, 1.82) is 0 Å². The fourth-order valence-electron chi connectivity index (χ4n) is 3.58. The second-order valence-corrected chi connectivity index (χ2v) is 10.5. The molecule has 4 atom stereocenters. The summed E-state index contributed by atoms with van der Waals surface area (Å²) in [6.07, 6.45) is -2.24. The van der Waals surface area contributed by atoms with Crippen molar-refractivity contribution >= 4 is 33.1 Å². The first-order valence-corrected chi connectivity index (χ1v) is 12.1. The molecule has 1 aromatic carbocycles. The second-order valence-electron chi connectivity index (χ2n) is 7.60. The monoisotopic (exact) mass is 452 g/mol. The lowest BCUT2D eigenvalue weighted by Gasteiger charge is -2.18. The third kappa shape index (κ3) is 4.52. The van der Waals surface area contributed by atoms with Crippen LogP contribution in [0.2, 0.25) is 0 Å². The Hall–Kier alpha value is -1.98. The molecule has 4 unspecified atom stereocenters. The fraction of sp³-hybridized carbons (Fsp3) is 0.450. The van der Waals surface area contributed by atoms with Gasteiger partial charge in [0.15, 0.2) is 6.10 Å². The van der Waals surface area contributed by atoms with Gasteiger partial charge in [0.05, 0.1) is 19.3 Å². The van der Waals surface area contributed by atoms with Gasteiger partial charge in [-0.3, -0.25) is 5.32 Å². The van der Waals surface area contributed by atoms with Gasteiger partial charge in [0.2, 0.25) is 10.0 Å². The number of sulfonamides is 1. The minimum absolute atomic E-state index is 0.145. The quantitative estimate of drug-likeness (QED) is 0.699. The van der Waals surface area contributed by atoms with Crippen LogP contribution in [-0.4, -0.2) is 52.1 Å². The molecule has 2 N–H and O–H groups in total. The summed E-state index contributed by atoms with van der Waals surface area (Å²) in [5.41, 5.74) is 1.81. The van der Waals surface area contributed by atoms with Gasteiger partial charge in [-0.1, -0.05) is 32.0 Å². The maximum atomic E-state index is 12.5. The Morgan fingerprint density at radius 2 is 1.87 bits per heavy atom. The van der Waals surface area contributed by atoms with Crippen molar-refractivity contribution < 1.29 is 27.4 Å². The van der Waals surface area contributed by atoms with Crippen molar-refractivity contribution in [3.8, 4) is 0 Å². The van der Waals surface area contributed by atoms with Crippen LogP contribution < -0.4 is 10.0 Å². The average molecular weight is 453 g/mol. The minimum Gasteiger partial charge on any atom is -0.441 e. The van der Waals surface area contributed by atoms with E-state index in [0.717, 1.165) is 11.3 Å². The van der Waals surface area contributed by atoms with Crippen LogP contribution in [0, 0.1) is 0 Å². The van der Waals surface area contributed by atoms with E-state index in [9.17, 15) is 13.2 Å². The molecule has 2 aromatic rings. The van der Waals surface area contributed by atoms with Crippen molar-refractivity contribution in [2.24, 2.45) is 0 Å². The smallest absolute Gasteiger partial charge is 0.412 e. The minimum atomic E-state index is -3.64. The largest absolute Gasteiger partial charge is 0.441 e. The number of anilines is 1. The summed E-state index contributed by atoms with van der Waals surface area (Å²) < 4.78 is 44.7. The van der Waals surface area contributed by atoms with E-state index in [4.69, 9.17) is 14.2 Å². The highest BCUT2D eigenvalue weighted by Crippen LogP contribution is 2.30. The SMILES string of the molecule is CC(C)c1ccc(NC(=O)OC2COC3C(NS(=O)(=O)c4cccs4)COC23)cc1. The highest BCUT2D eigenvalue weighted by atomic mass is 32.2. The number of ether oxygens (including phenoxy) is 3. The molecule has 0 radical (unpaired) electrons. The fourth-order valence-corrected chi connectivity index (χ4v) is 5.82. The Labute approximate surface area is 179 Å². The Morgan fingerprint density at radius 1 is 1.13 bits per heavy atom. The Morgan fingerprint density at radius 3 is 2.53 bits per heavy atom. The van der Waals surface area contributed by atoms with Crippen LogP contribution in [0.15, 0.2) is 46.0 Å². The van der Waals surface area contributed by atoms with E-state index in [1.54, 1.807) is 17.5 Å². The molecule has 1 amide bonds. The maximum Gasteiger partial charge on any atom is 0.412 e. The molecule has 0 saturated carbocycles. The lowest BCUT2D eigenvalue weighted by Crippen LogP contribution is -2.44. The predicted molar refractivity (Wildman–Crippen MR) is 112 cm³/mol. The zero-order chi connectivity index (χ0) is 21.3. The summed E-state index contributed by atoms with van der Waals surface area (Å²) in [6, 6.07) is 10.2. The van der Waals surface area contributed by atoms with Crippen LogP contribution in [0.3, 0.4) is 0 Å². The number of amides is 1. The van der Waals surface area contributed by atoms with Gasteiger partial charge < -0.3 is 14.2 Å². The summed E-state index contributed by atoms with van der Waals surface area (Å²) in [4.78, 5) is 12.3. The molecule has 1 aromatic heterocycles. The van der Waals surface area contributed by atoms with Crippen molar-refractivity contribution in [3.05, 3.63) is 47.3 Å². The summed E-state index contributed by atoms with van der Waals surface area (Å²) >= 11 is 1.14. The van der Waals surface area contributed by atoms with Crippen molar-refractivity contribution in [2.75, 3.05) is 18.5 Å². The molecule has 2 fully saturated rings. The van der Waals surface area contributed by atoms with Gasteiger partial charge in [-0.15, -0.1) is 11.3 Å². The molecule has 10 heteroatoms. The molecule has 2 aliphatic rings. The van der Waals surface area contributed by atoms with E-state index in [1.807, 2.05) is 24.3 Å². The van der Waals surface area contributed by atoms with Gasteiger partial charge in [0.1, 0.15) is 16.4 Å². The van der Waals surface area contributed by atoms with Crippen LogP contribution in [0.4, 0.5) is 10.5 Å². The topological polar surface area (TPSA) is 103 Å². The molecular formula is C20H24N2O6S2. The first-order valence-electron chi connectivity index (χ1n) is 9.70. The first kappa shape index (κ1) is 21.3. The standard InChI is InChI=1S/C20H24N2O6S2/c1-12(2)13-5-7-14(8-6-13)21-20(23)28-16-11-27-18-15(10-26-19(16)18)22-30(24,25)17-4-3-9-29-17/h3-9,12,15-16,18-19,22H,10-11H2,1-2H3,(H,21,23). The van der Waals surface area contributed by atoms with E-state index in [-0.39, 0.29) is 17.4 Å². The molecular weight excluding hydrogens is 428 g/mol. The number of fused-ring (bicyclic) bond motifs is 1. The van der Waals surface area contributed by atoms with E-state index in [1.165, 1.54) is 5.56 Å². The van der Waals surface area contributed by atoms with Gasteiger partial charge in [-0.25, -0.2) is 17.9 Å². The summed E-state index contributed by atoms with van der Waals surface area (Å²) in [5, 5.41) is 4.40. The van der Waals surface area contributed by atoms with Gasteiger partial charge in [0.25, 0.3) is 0 Å². The van der Waals surface area contributed by atoms with Crippen molar-refractivity contribution in [3.63, 3.8) is 0 Å². The number of carbonyl (C=O) groups is 1. The average Bonchev–Trinajstić information content (AvgIpc) is 3.43. The Bertz CT molecular complexity index is 975. The van der Waals surface area contributed by atoms with Crippen LogP contribution in [-0.2, 0) is 24.2 Å². The number of nitrogens with one attached hydrogen (secondary N) is 2. The number of carbonyl (C=O) groups excluding carboxylic acids is 1. The third-order valence-corrected chi connectivity index (χ3v) is 8.04. The van der Waals surface area contributed by atoms with Gasteiger partial charge >= 0.3 is 6.09 Å². The number of hydrogen-bond acceptors (Lipinski definition) is 7. The maximum absolute atomic E-state index is 12.5. The third-order valence-electron chi connectivity index (χ3n) is 5.16. The molecule has 0 aliphatic carbocycles. The zero-order valence-electron chi connectivity index (χ0n) is 16.6. The highest BCUT2D eigenvalue weighted by molar-refractivity contribution is 7.91. The van der Waals surface area contributed by atoms with Gasteiger partial charge in [0, 0.05) is 5.69 Å². The van der Waals surface area contributed by atoms with Crippen molar-refractivity contribution in [1.82, 2.24) is 4.72 Å². The number of thiophene rings is 1. The van der Waals surface area contributed by atoms with E-state index < -0.39 is 40.5 Å². The van der Waals surface area contributed by atoms with Crippen LogP contribution in [0.25, 0.3) is 0 Å². The number of benzene rings is 1. The molecule has 4 rings (SSSR count). The molecule has 3 heterocycles.